The molecule has 0 aromatic carbocycles. The molecule has 1 fully saturated rings. The summed E-state index contributed by atoms with van der Waals surface area (Å²) >= 11 is 0. The Hall–Kier alpha value is -0.300. The maximum atomic E-state index is 9.58. The summed E-state index contributed by atoms with van der Waals surface area (Å²) in [6.45, 7) is 8.83. The van der Waals surface area contributed by atoms with Gasteiger partial charge in [0.2, 0.25) is 0 Å². The third-order valence-electron chi connectivity index (χ3n) is 3.11. The van der Waals surface area contributed by atoms with Crippen LogP contribution in [0.25, 0.3) is 0 Å². The number of hydrogen-bond donors (Lipinski definition) is 1. The van der Waals surface area contributed by atoms with Crippen LogP contribution in [0.4, 0.5) is 0 Å². The molecule has 1 heteroatoms. The Kier molecular flexibility index (Phi) is 3.18. The first kappa shape index (κ1) is 10.8. The smallest absolute Gasteiger partial charge is 0.0545 e. The first-order chi connectivity index (χ1) is 5.92. The molecule has 0 aromatic rings. The van der Waals surface area contributed by atoms with Crippen LogP contribution in [0.1, 0.15) is 47.0 Å². The van der Waals surface area contributed by atoms with Gasteiger partial charge in [0.1, 0.15) is 0 Å². The molecule has 76 valence electrons. The van der Waals surface area contributed by atoms with Crippen LogP contribution < -0.4 is 0 Å². The van der Waals surface area contributed by atoms with Gasteiger partial charge in [-0.3, -0.25) is 0 Å². The molecule has 0 aromatic heterocycles. The van der Waals surface area contributed by atoms with Gasteiger partial charge in [-0.05, 0) is 44.4 Å². The highest BCUT2D eigenvalue weighted by Gasteiger charge is 2.34. The van der Waals surface area contributed by atoms with Gasteiger partial charge in [0.15, 0.2) is 0 Å². The SMILES string of the molecule is CC(C)=C[C@@H]1CC[C@@H](O)CC1(C)C. The summed E-state index contributed by atoms with van der Waals surface area (Å²) in [5.41, 5.74) is 1.67. The first-order valence-corrected chi connectivity index (χ1v) is 5.25. The lowest BCUT2D eigenvalue weighted by Gasteiger charge is -2.39. The summed E-state index contributed by atoms with van der Waals surface area (Å²) in [7, 11) is 0. The third-order valence-corrected chi connectivity index (χ3v) is 3.11. The fourth-order valence-corrected chi connectivity index (χ4v) is 2.33. The largest absolute Gasteiger partial charge is 0.393 e. The molecule has 1 aliphatic carbocycles. The Bertz CT molecular complexity index is 199. The summed E-state index contributed by atoms with van der Waals surface area (Å²) in [5, 5.41) is 9.58. The Balaban J connectivity index is 2.70. The topological polar surface area (TPSA) is 20.2 Å². The second-order valence-electron chi connectivity index (χ2n) is 5.27. The molecule has 1 saturated carbocycles. The molecular weight excluding hydrogens is 160 g/mol. The molecule has 0 radical (unpaired) electrons. The fourth-order valence-electron chi connectivity index (χ4n) is 2.33. The summed E-state index contributed by atoms with van der Waals surface area (Å²) < 4.78 is 0. The van der Waals surface area contributed by atoms with Gasteiger partial charge in [0.25, 0.3) is 0 Å². The van der Waals surface area contributed by atoms with Gasteiger partial charge in [0.05, 0.1) is 6.10 Å². The minimum absolute atomic E-state index is 0.0724. The molecule has 0 saturated heterocycles. The Morgan fingerprint density at radius 3 is 2.38 bits per heavy atom. The molecule has 1 rings (SSSR count). The molecule has 1 nitrogen and oxygen atoms in total. The highest BCUT2D eigenvalue weighted by molar-refractivity contribution is 5.04. The zero-order valence-electron chi connectivity index (χ0n) is 9.30. The molecule has 0 spiro atoms. The van der Waals surface area contributed by atoms with Crippen LogP contribution in [0, 0.1) is 11.3 Å². The van der Waals surface area contributed by atoms with E-state index in [9.17, 15) is 5.11 Å². The van der Waals surface area contributed by atoms with Crippen molar-refractivity contribution >= 4 is 0 Å². The van der Waals surface area contributed by atoms with Gasteiger partial charge in [-0.2, -0.15) is 0 Å². The lowest BCUT2D eigenvalue weighted by molar-refractivity contribution is 0.0397. The van der Waals surface area contributed by atoms with Crippen molar-refractivity contribution < 1.29 is 5.11 Å². The van der Waals surface area contributed by atoms with Gasteiger partial charge in [-0.25, -0.2) is 0 Å². The van der Waals surface area contributed by atoms with Gasteiger partial charge >= 0.3 is 0 Å². The highest BCUT2D eigenvalue weighted by atomic mass is 16.3. The van der Waals surface area contributed by atoms with E-state index in [2.05, 4.69) is 33.8 Å². The summed E-state index contributed by atoms with van der Waals surface area (Å²) in [4.78, 5) is 0. The number of hydrogen-bond acceptors (Lipinski definition) is 1. The number of allylic oxidation sites excluding steroid dienone is 2. The van der Waals surface area contributed by atoms with Crippen molar-refractivity contribution in [2.24, 2.45) is 11.3 Å². The lowest BCUT2D eigenvalue weighted by atomic mass is 9.67. The standard InChI is InChI=1S/C12H22O/c1-9(2)7-10-5-6-11(13)8-12(10,3)4/h7,10-11,13H,5-6,8H2,1-4H3/t10-,11+/m0/s1. The van der Waals surface area contributed by atoms with Crippen molar-refractivity contribution in [3.8, 4) is 0 Å². The summed E-state index contributed by atoms with van der Waals surface area (Å²) in [5.74, 6) is 0.654. The normalized spacial score (nSPS) is 32.7. The molecule has 1 aliphatic rings. The van der Waals surface area contributed by atoms with E-state index >= 15 is 0 Å². The van der Waals surface area contributed by atoms with Crippen molar-refractivity contribution in [3.05, 3.63) is 11.6 Å². The zero-order chi connectivity index (χ0) is 10.1. The van der Waals surface area contributed by atoms with Crippen LogP contribution in [0.3, 0.4) is 0 Å². The van der Waals surface area contributed by atoms with E-state index < -0.39 is 0 Å². The van der Waals surface area contributed by atoms with E-state index in [1.165, 1.54) is 5.57 Å². The predicted molar refractivity (Wildman–Crippen MR) is 56.6 cm³/mol. The molecule has 0 bridgehead atoms. The number of aliphatic hydroxyl groups excluding tert-OH is 1. The van der Waals surface area contributed by atoms with E-state index in [1.54, 1.807) is 0 Å². The molecule has 2 atom stereocenters. The number of aliphatic hydroxyl groups is 1. The molecule has 0 heterocycles. The maximum Gasteiger partial charge on any atom is 0.0545 e. The minimum atomic E-state index is -0.0724. The van der Waals surface area contributed by atoms with E-state index in [1.807, 2.05) is 0 Å². The monoisotopic (exact) mass is 182 g/mol. The lowest BCUT2D eigenvalue weighted by Crippen LogP contribution is -2.33. The van der Waals surface area contributed by atoms with E-state index in [0.717, 1.165) is 19.3 Å². The van der Waals surface area contributed by atoms with E-state index in [0.29, 0.717) is 5.92 Å². The van der Waals surface area contributed by atoms with Crippen LogP contribution in [-0.4, -0.2) is 11.2 Å². The predicted octanol–water partition coefficient (Wildman–Crippen LogP) is 3.14. The van der Waals surface area contributed by atoms with Gasteiger partial charge < -0.3 is 5.11 Å². The fraction of sp³-hybridized carbons (Fsp3) is 0.833. The first-order valence-electron chi connectivity index (χ1n) is 5.25. The quantitative estimate of drug-likeness (QED) is 0.618. The van der Waals surface area contributed by atoms with Gasteiger partial charge in [0, 0.05) is 0 Å². The van der Waals surface area contributed by atoms with Crippen LogP contribution in [0.5, 0.6) is 0 Å². The molecule has 0 unspecified atom stereocenters. The highest BCUT2D eigenvalue weighted by Crippen LogP contribution is 2.41. The van der Waals surface area contributed by atoms with Crippen molar-refractivity contribution in [2.45, 2.75) is 53.1 Å². The van der Waals surface area contributed by atoms with Gasteiger partial charge in [-0.1, -0.05) is 25.5 Å². The van der Waals surface area contributed by atoms with Crippen LogP contribution in [-0.2, 0) is 0 Å². The van der Waals surface area contributed by atoms with Crippen LogP contribution in [0.2, 0.25) is 0 Å². The van der Waals surface area contributed by atoms with E-state index in [4.69, 9.17) is 0 Å². The molecule has 0 amide bonds. The summed E-state index contributed by atoms with van der Waals surface area (Å²) in [6.07, 6.45) is 5.35. The zero-order valence-corrected chi connectivity index (χ0v) is 9.30. The Morgan fingerprint density at radius 2 is 1.92 bits per heavy atom. The van der Waals surface area contributed by atoms with Crippen molar-refractivity contribution in [1.82, 2.24) is 0 Å². The third kappa shape index (κ3) is 2.84. The Labute approximate surface area is 81.9 Å². The van der Waals surface area contributed by atoms with Gasteiger partial charge in [-0.15, -0.1) is 0 Å². The molecular formula is C12H22O. The number of rotatable bonds is 1. The van der Waals surface area contributed by atoms with Crippen LogP contribution >= 0.6 is 0 Å². The average Bonchev–Trinajstić information content (AvgIpc) is 1.93. The molecule has 1 N–H and O–H groups in total. The van der Waals surface area contributed by atoms with Crippen molar-refractivity contribution in [1.29, 1.82) is 0 Å². The van der Waals surface area contributed by atoms with E-state index in [-0.39, 0.29) is 11.5 Å². The minimum Gasteiger partial charge on any atom is -0.393 e. The second-order valence-corrected chi connectivity index (χ2v) is 5.27. The molecule has 0 aliphatic heterocycles. The average molecular weight is 182 g/mol. The maximum absolute atomic E-state index is 9.58. The Morgan fingerprint density at radius 1 is 1.31 bits per heavy atom. The van der Waals surface area contributed by atoms with Crippen molar-refractivity contribution in [2.75, 3.05) is 0 Å². The van der Waals surface area contributed by atoms with Crippen molar-refractivity contribution in [3.63, 3.8) is 0 Å². The second kappa shape index (κ2) is 3.83. The summed E-state index contributed by atoms with van der Waals surface area (Å²) in [6, 6.07) is 0. The molecule has 13 heavy (non-hydrogen) atoms. The van der Waals surface area contributed by atoms with Crippen LogP contribution in [0.15, 0.2) is 11.6 Å².